The Hall–Kier alpha value is -6.05. The maximum atomic E-state index is 17.1. The Bertz CT molecular complexity index is 2770. The van der Waals surface area contributed by atoms with Crippen molar-refractivity contribution in [3.8, 4) is 17.0 Å². The number of fused-ring (bicyclic) bond motifs is 1. The molecule has 0 unspecified atom stereocenters. The van der Waals surface area contributed by atoms with E-state index in [1.165, 1.54) is 49.8 Å². The lowest BCUT2D eigenvalue weighted by Gasteiger charge is -2.46. The molecule has 22 nitrogen and oxygen atoms in total. The number of anilines is 1. The lowest BCUT2D eigenvalue weighted by molar-refractivity contribution is -0.893. The number of aliphatic hydroxyl groups is 1. The number of carbonyl (C=O) groups is 7. The van der Waals surface area contributed by atoms with Crippen molar-refractivity contribution in [1.82, 2.24) is 30.5 Å². The summed E-state index contributed by atoms with van der Waals surface area (Å²) in [6.45, 7) is 14.1. The number of aryl methyl sites for hydroxylation is 1. The molecule has 4 heterocycles. The van der Waals surface area contributed by atoms with Gasteiger partial charge in [0.25, 0.3) is 5.67 Å². The first-order valence-corrected chi connectivity index (χ1v) is 30.0. The number of ketones is 2. The minimum Gasteiger partial charge on any atom is -0.508 e. The van der Waals surface area contributed by atoms with E-state index in [-0.39, 0.29) is 49.5 Å². The number of aliphatic hydroxyl groups excluding tert-OH is 1. The van der Waals surface area contributed by atoms with Gasteiger partial charge >= 0.3 is 12.1 Å². The number of methoxy groups -OCH3 is 1. The highest BCUT2D eigenvalue weighted by atomic mass is 32.2. The summed E-state index contributed by atoms with van der Waals surface area (Å²) in [4.78, 5) is 99.5. The number of quaternary nitrogens is 1. The summed E-state index contributed by atoms with van der Waals surface area (Å²) in [5, 5.41) is 38.4. The summed E-state index contributed by atoms with van der Waals surface area (Å²) < 4.78 is 49.6. The lowest BCUT2D eigenvalue weighted by Crippen LogP contribution is -3.12. The average Bonchev–Trinajstić information content (AvgIpc) is 2.34. The highest BCUT2D eigenvalue weighted by Crippen LogP contribution is 2.44. The molecule has 3 aromatic rings. The lowest BCUT2D eigenvalue weighted by atomic mass is 9.73. The molecule has 15 atom stereocenters. The van der Waals surface area contributed by atoms with Gasteiger partial charge in [-0.15, -0.1) is 5.10 Å². The smallest absolute Gasteiger partial charge is 0.410 e. The number of nitrogens with one attached hydrogen (secondary N) is 4. The number of benzene rings is 2. The summed E-state index contributed by atoms with van der Waals surface area (Å²) in [7, 11) is 5.16. The highest BCUT2D eigenvalue weighted by molar-refractivity contribution is 7.98. The van der Waals surface area contributed by atoms with Gasteiger partial charge in [0, 0.05) is 69.0 Å². The largest absolute Gasteiger partial charge is 0.508 e. The number of aromatic hydroxyl groups is 1. The predicted molar refractivity (Wildman–Crippen MR) is 307 cm³/mol. The van der Waals surface area contributed by atoms with Crippen molar-refractivity contribution in [1.29, 1.82) is 0 Å². The predicted octanol–water partition coefficient (Wildman–Crippen LogP) is 4.23. The second kappa shape index (κ2) is 28.2. The van der Waals surface area contributed by atoms with Gasteiger partial charge in [-0.3, -0.25) is 28.7 Å². The molecule has 83 heavy (non-hydrogen) atoms. The van der Waals surface area contributed by atoms with E-state index in [1.807, 2.05) is 27.3 Å². The molecule has 0 aliphatic carbocycles. The van der Waals surface area contributed by atoms with Gasteiger partial charge in [0.2, 0.25) is 17.7 Å². The van der Waals surface area contributed by atoms with Crippen LogP contribution in [0.5, 0.6) is 5.75 Å². The number of hydrogen-bond donors (Lipinski definition) is 6. The monoisotopic (exact) mass is 1180 g/mol. The van der Waals surface area contributed by atoms with Gasteiger partial charge < -0.3 is 59.6 Å². The topological polar surface area (TPSA) is 281 Å². The number of phenolic OH excluding ortho intramolecular Hbond substituents is 1. The number of rotatable bonds is 21. The first-order chi connectivity index (χ1) is 39.1. The van der Waals surface area contributed by atoms with E-state index in [0.717, 1.165) is 11.8 Å². The average molecular weight is 1180 g/mol. The number of alkyl halides is 1. The van der Waals surface area contributed by atoms with Crippen molar-refractivity contribution in [3.05, 3.63) is 60.3 Å². The Kier molecular flexibility index (Phi) is 22.5. The molecule has 0 saturated carbocycles. The van der Waals surface area contributed by atoms with Crippen LogP contribution in [0.25, 0.3) is 11.3 Å². The first kappa shape index (κ1) is 66.1. The van der Waals surface area contributed by atoms with Crippen molar-refractivity contribution in [2.45, 2.75) is 186 Å². The molecule has 0 bridgehead atoms. The number of hydrogen-bond acceptors (Lipinski definition) is 17. The number of thioether (sulfide) groups is 1. The Balaban J connectivity index is 1.16. The third-order valence-corrected chi connectivity index (χ3v) is 17.2. The molecule has 24 heteroatoms. The van der Waals surface area contributed by atoms with E-state index in [1.54, 1.807) is 81.9 Å². The molecular formula is C59H86FN8O14S+. The number of likely N-dealkylation sites (N-methyl/N-ethyl adjacent to an activating group) is 1. The summed E-state index contributed by atoms with van der Waals surface area (Å²) in [5.74, 6) is -6.93. The van der Waals surface area contributed by atoms with Crippen LogP contribution in [0.4, 0.5) is 14.9 Å². The summed E-state index contributed by atoms with van der Waals surface area (Å²) in [6.07, 6.45) is -0.802. The van der Waals surface area contributed by atoms with Gasteiger partial charge in [0.15, 0.2) is 23.8 Å². The fraction of sp³-hybridized carbons (Fsp3) is 0.644. The van der Waals surface area contributed by atoms with E-state index >= 15 is 4.39 Å². The summed E-state index contributed by atoms with van der Waals surface area (Å²) in [6, 6.07) is 9.98. The van der Waals surface area contributed by atoms with Crippen LogP contribution in [0.3, 0.4) is 0 Å². The number of esters is 1. The normalized spacial score (nSPS) is 30.6. The molecule has 3 aliphatic heterocycles. The van der Waals surface area contributed by atoms with Crippen LogP contribution >= 0.6 is 11.8 Å². The van der Waals surface area contributed by atoms with Crippen LogP contribution in [-0.4, -0.2) is 183 Å². The summed E-state index contributed by atoms with van der Waals surface area (Å²) in [5.41, 5.74) is -4.16. The van der Waals surface area contributed by atoms with E-state index in [0.29, 0.717) is 60.5 Å². The van der Waals surface area contributed by atoms with Crippen molar-refractivity contribution < 1.29 is 76.7 Å². The van der Waals surface area contributed by atoms with Gasteiger partial charge in [-0.05, 0) is 102 Å². The minimum atomic E-state index is -3.24. The fourth-order valence-electron chi connectivity index (χ4n) is 12.0. The number of cyclic esters (lactones) is 1. The minimum absolute atomic E-state index is 0.0277. The van der Waals surface area contributed by atoms with Crippen LogP contribution in [-0.2, 0) is 65.4 Å². The Morgan fingerprint density at radius 1 is 0.964 bits per heavy atom. The molecule has 458 valence electrons. The quantitative estimate of drug-likeness (QED) is 0.0494. The zero-order chi connectivity index (χ0) is 61.3. The number of unbranched alkanes of at least 4 members (excludes halogenated alkanes) is 1. The Morgan fingerprint density at radius 3 is 2.29 bits per heavy atom. The van der Waals surface area contributed by atoms with Crippen LogP contribution in [0, 0.1) is 17.8 Å². The molecule has 6 rings (SSSR count). The van der Waals surface area contributed by atoms with Crippen molar-refractivity contribution in [2.75, 3.05) is 45.1 Å². The second-order valence-electron chi connectivity index (χ2n) is 23.4. The van der Waals surface area contributed by atoms with Gasteiger partial charge in [-0.1, -0.05) is 57.2 Å². The molecular weight excluding hydrogens is 1100 g/mol. The molecule has 4 amide bonds. The Labute approximate surface area is 489 Å². The summed E-state index contributed by atoms with van der Waals surface area (Å²) >= 11 is 1.51. The maximum Gasteiger partial charge on any atom is 0.410 e. The van der Waals surface area contributed by atoms with Crippen molar-refractivity contribution in [2.24, 2.45) is 17.8 Å². The third kappa shape index (κ3) is 15.6. The SMILES string of the molecule is CC[C@H]1OC(=O)[C@@](C)(F)C(=O)[C@H](C)[C@@H](O[C@@H]2O[C@H](C)C[C@H]([NH+](C)C)[C@H]2O)[C@](C)(OC)C[C@@H](C)C(=O)[C@H](C)[C@H]2N(CCCCn3cc(-c4cccc(NC(=O)[C@H](CCSC)NC(=O)[C@H](Cc5ccc(O)cc5)NC(C)=O)c4)nn3)C(=O)O[C@]12C. The first-order valence-electron chi connectivity index (χ1n) is 28.6. The number of Topliss-reactive ketones (excluding diaryl/α,β-unsaturated/α-hetero) is 2. The zero-order valence-electron chi connectivity index (χ0n) is 50.1. The van der Waals surface area contributed by atoms with Crippen molar-refractivity contribution in [3.63, 3.8) is 0 Å². The number of nitrogens with zero attached hydrogens (tertiary/aromatic N) is 4. The van der Waals surface area contributed by atoms with Crippen LogP contribution in [0.1, 0.15) is 106 Å². The number of carbonyl (C=O) groups excluding carboxylic acids is 7. The zero-order valence-corrected chi connectivity index (χ0v) is 50.9. The molecule has 0 spiro atoms. The van der Waals surface area contributed by atoms with E-state index < -0.39 is 113 Å². The van der Waals surface area contributed by atoms with Crippen LogP contribution in [0.15, 0.2) is 54.7 Å². The highest BCUT2D eigenvalue weighted by Gasteiger charge is 2.62. The molecule has 0 radical (unpaired) electrons. The molecule has 3 aliphatic rings. The third-order valence-electron chi connectivity index (χ3n) is 16.6. The van der Waals surface area contributed by atoms with Gasteiger partial charge in [-0.25, -0.2) is 14.0 Å². The van der Waals surface area contributed by atoms with Crippen LogP contribution < -0.4 is 20.9 Å². The number of halogens is 1. The standard InChI is InChI=1S/C59H85FN8O14S/c1-14-46-59(9)49(35(4)47(71)33(2)31-57(7,78-12)51(36(5)50(73)58(8,60)55(76)80-46)81-54-48(72)45(66(10)11)28-34(3)79-54)68(56(77)82-59)26-16-15-25-67-32-44(64-65-67)39-18-17-19-40(30-39)62-52(74)42(24-27-83-13)63-53(75)43(61-37(6)69)29-38-20-22-41(70)23-21-38/h17-23,30,32-36,42-43,45-46,48-49,51,54,70,72H,14-16,24-29,31H2,1-13H3,(H,61,69)(H,62,74)(H,63,75)/p+1/t33-,34-,35+,36+,42+,43+,45+,46-,48-,49-,51-,54+,57-,58+,59-/m1/s1. The molecule has 1 aromatic heterocycles. The van der Waals surface area contributed by atoms with E-state index in [2.05, 4.69) is 26.3 Å². The van der Waals surface area contributed by atoms with Gasteiger partial charge in [0.1, 0.15) is 41.5 Å². The number of aromatic nitrogens is 3. The Morgan fingerprint density at radius 2 is 1.65 bits per heavy atom. The van der Waals surface area contributed by atoms with Gasteiger partial charge in [-0.2, -0.15) is 11.8 Å². The number of amides is 4. The second-order valence-corrected chi connectivity index (χ2v) is 24.3. The van der Waals surface area contributed by atoms with E-state index in [9.17, 15) is 43.8 Å². The van der Waals surface area contributed by atoms with Gasteiger partial charge in [0.05, 0.1) is 44.1 Å². The van der Waals surface area contributed by atoms with Crippen molar-refractivity contribution >= 4 is 58.8 Å². The molecule has 3 saturated heterocycles. The fourth-order valence-corrected chi connectivity index (χ4v) is 12.5. The number of ether oxygens (including phenoxy) is 5. The molecule has 3 fully saturated rings. The number of phenols is 1. The molecule has 2 aromatic carbocycles. The maximum absolute atomic E-state index is 17.1. The van der Waals surface area contributed by atoms with E-state index in [4.69, 9.17) is 23.7 Å². The molecule has 6 N–H and O–H groups in total. The van der Waals surface area contributed by atoms with Crippen LogP contribution in [0.2, 0.25) is 0 Å².